The molecule has 19 aromatic rings. The van der Waals surface area contributed by atoms with E-state index in [1.807, 2.05) is 66.7 Å². The Morgan fingerprint density at radius 3 is 0.990 bits per heavy atom. The van der Waals surface area contributed by atoms with E-state index in [9.17, 15) is 0 Å². The minimum absolute atomic E-state index is 0.550. The number of nitrogens with zero attached hydrogens (tertiary/aromatic N) is 8. The molecule has 0 saturated heterocycles. The SMILES string of the molecule is c1ccc(-c2cc(-c3ccccc3)nc(-c3ccc4ccc(-c5ccc6ccc(-c7ccc8cc(-c9cccc(-c%10cc(-c%11ccccc%11)nc(-c%11ccc%12ccc(-c%13ccc%14ccc(-c%15cccc%16ccc%17ccccc%17c%15%16)nc%14c%13)cc%12n%11)n%10)c9)ccc8c7)nc6c5)cc4n3)n2)cc1. The molecule has 0 N–H and O–H groups in total. The highest BCUT2D eigenvalue weighted by Crippen LogP contribution is 2.39. The predicted molar refractivity (Wildman–Crippen MR) is 411 cm³/mol. The number of benzene rings is 13. The van der Waals surface area contributed by atoms with E-state index < -0.39 is 0 Å². The molecule has 0 saturated carbocycles. The zero-order valence-electron chi connectivity index (χ0n) is 53.9. The van der Waals surface area contributed by atoms with Crippen LogP contribution in [0.1, 0.15) is 0 Å². The van der Waals surface area contributed by atoms with Gasteiger partial charge in [0.1, 0.15) is 11.4 Å². The second-order valence-electron chi connectivity index (χ2n) is 25.5. The van der Waals surface area contributed by atoms with Gasteiger partial charge in [-0.15, -0.1) is 0 Å². The van der Waals surface area contributed by atoms with Crippen molar-refractivity contribution < 1.29 is 0 Å². The first kappa shape index (κ1) is 57.9. The van der Waals surface area contributed by atoms with Crippen LogP contribution in [0.4, 0.5) is 0 Å². The smallest absolute Gasteiger partial charge is 0.179 e. The maximum absolute atomic E-state index is 5.32. The molecule has 6 aromatic heterocycles. The van der Waals surface area contributed by atoms with Crippen LogP contribution in [-0.2, 0) is 0 Å². The number of rotatable bonds is 11. The minimum Gasteiger partial charge on any atom is -0.248 e. The minimum atomic E-state index is 0.550. The van der Waals surface area contributed by atoms with E-state index in [1.165, 1.54) is 21.5 Å². The number of pyridine rings is 4. The normalized spacial score (nSPS) is 11.6. The van der Waals surface area contributed by atoms with Crippen molar-refractivity contribution in [3.8, 4) is 124 Å². The lowest BCUT2D eigenvalue weighted by molar-refractivity contribution is 1.16. The second-order valence-corrected chi connectivity index (χ2v) is 25.5. The Morgan fingerprint density at radius 2 is 0.470 bits per heavy atom. The van der Waals surface area contributed by atoms with Gasteiger partial charge >= 0.3 is 0 Å². The maximum atomic E-state index is 5.32. The van der Waals surface area contributed by atoms with Crippen molar-refractivity contribution >= 4 is 75.9 Å². The number of aromatic nitrogens is 8. The second kappa shape index (κ2) is 24.3. The lowest BCUT2D eigenvalue weighted by Crippen LogP contribution is -1.98. The number of hydrogen-bond acceptors (Lipinski definition) is 8. The summed E-state index contributed by atoms with van der Waals surface area (Å²) >= 11 is 0. The molecule has 0 aliphatic carbocycles. The van der Waals surface area contributed by atoms with Crippen molar-refractivity contribution in [3.63, 3.8) is 0 Å². The highest BCUT2D eigenvalue weighted by Gasteiger charge is 2.18. The molecule has 8 nitrogen and oxygen atoms in total. The molecule has 0 aliphatic rings. The van der Waals surface area contributed by atoms with Crippen molar-refractivity contribution in [2.24, 2.45) is 0 Å². The van der Waals surface area contributed by atoms with Gasteiger partial charge in [-0.1, -0.05) is 261 Å². The number of fused-ring (bicyclic) bond motifs is 8. The molecule has 0 radical (unpaired) electrons. The van der Waals surface area contributed by atoms with E-state index >= 15 is 0 Å². The summed E-state index contributed by atoms with van der Waals surface area (Å²) in [5.41, 5.74) is 22.7. The van der Waals surface area contributed by atoms with Gasteiger partial charge < -0.3 is 0 Å². The van der Waals surface area contributed by atoms with E-state index in [0.29, 0.717) is 23.0 Å². The Labute approximate surface area is 576 Å². The monoisotopic (exact) mass is 1270 g/mol. The van der Waals surface area contributed by atoms with Gasteiger partial charge in [0.25, 0.3) is 0 Å². The molecule has 13 aromatic carbocycles. The topological polar surface area (TPSA) is 103 Å². The Morgan fingerprint density at radius 1 is 0.150 bits per heavy atom. The van der Waals surface area contributed by atoms with Gasteiger partial charge in [0.2, 0.25) is 0 Å². The quantitative estimate of drug-likeness (QED) is 0.118. The van der Waals surface area contributed by atoms with Crippen LogP contribution in [-0.4, -0.2) is 39.9 Å². The van der Waals surface area contributed by atoms with Gasteiger partial charge in [0, 0.05) is 54.9 Å². The van der Waals surface area contributed by atoms with E-state index in [1.54, 1.807) is 0 Å². The molecule has 8 heteroatoms. The van der Waals surface area contributed by atoms with Crippen molar-refractivity contribution in [1.29, 1.82) is 0 Å². The summed E-state index contributed by atoms with van der Waals surface area (Å²) < 4.78 is 0. The Kier molecular flexibility index (Phi) is 14.0. The highest BCUT2D eigenvalue weighted by atomic mass is 14.9. The van der Waals surface area contributed by atoms with Crippen LogP contribution in [0, 0.1) is 0 Å². The molecular weight excluding hydrogens is 1220 g/mol. The maximum Gasteiger partial charge on any atom is 0.179 e. The van der Waals surface area contributed by atoms with Crippen LogP contribution in [0.3, 0.4) is 0 Å². The van der Waals surface area contributed by atoms with E-state index in [4.69, 9.17) is 39.9 Å². The number of hydrogen-bond donors (Lipinski definition) is 0. The van der Waals surface area contributed by atoms with Crippen LogP contribution in [0.25, 0.3) is 200 Å². The molecule has 464 valence electrons. The Bertz CT molecular complexity index is 6420. The van der Waals surface area contributed by atoms with Gasteiger partial charge in [0.05, 0.1) is 56.2 Å². The summed E-state index contributed by atoms with van der Waals surface area (Å²) in [7, 11) is 0. The fourth-order valence-electron chi connectivity index (χ4n) is 14.0. The summed E-state index contributed by atoms with van der Waals surface area (Å²) in [6.45, 7) is 0. The first-order valence-electron chi connectivity index (χ1n) is 33.6. The van der Waals surface area contributed by atoms with Crippen molar-refractivity contribution in [3.05, 3.63) is 340 Å². The fraction of sp³-hybridized carbons (Fsp3) is 0. The van der Waals surface area contributed by atoms with Crippen LogP contribution in [0.2, 0.25) is 0 Å². The molecule has 0 fully saturated rings. The first-order valence-corrected chi connectivity index (χ1v) is 33.6. The average molecular weight is 1270 g/mol. The third kappa shape index (κ3) is 10.9. The molecule has 100 heavy (non-hydrogen) atoms. The summed E-state index contributed by atoms with van der Waals surface area (Å²) in [4.78, 5) is 41.7. The van der Waals surface area contributed by atoms with Gasteiger partial charge in [0.15, 0.2) is 11.6 Å². The molecule has 0 amide bonds. The molecular formula is C92H56N8. The Hall–Kier alpha value is -13.6. The largest absolute Gasteiger partial charge is 0.248 e. The Balaban J connectivity index is 0.601. The summed E-state index contributed by atoms with van der Waals surface area (Å²) in [6, 6.07) is 119. The summed E-state index contributed by atoms with van der Waals surface area (Å²) in [5, 5.41) is 11.3. The van der Waals surface area contributed by atoms with Gasteiger partial charge in [-0.3, -0.25) is 0 Å². The zero-order chi connectivity index (χ0) is 66.0. The third-order valence-corrected chi connectivity index (χ3v) is 19.2. The molecule has 0 spiro atoms. The molecule has 0 aliphatic heterocycles. The fourth-order valence-corrected chi connectivity index (χ4v) is 14.0. The van der Waals surface area contributed by atoms with E-state index in [0.717, 1.165) is 155 Å². The van der Waals surface area contributed by atoms with Crippen LogP contribution >= 0.6 is 0 Å². The molecule has 19 rings (SSSR count). The molecule has 0 atom stereocenters. The van der Waals surface area contributed by atoms with Crippen LogP contribution < -0.4 is 0 Å². The van der Waals surface area contributed by atoms with Crippen molar-refractivity contribution in [1.82, 2.24) is 39.9 Å². The van der Waals surface area contributed by atoms with Crippen molar-refractivity contribution in [2.75, 3.05) is 0 Å². The molecule has 0 unspecified atom stereocenters. The predicted octanol–water partition coefficient (Wildman–Crippen LogP) is 23.3. The third-order valence-electron chi connectivity index (χ3n) is 19.2. The molecule has 0 bridgehead atoms. The summed E-state index contributed by atoms with van der Waals surface area (Å²) in [5.74, 6) is 1.13. The van der Waals surface area contributed by atoms with Gasteiger partial charge in [-0.05, 0) is 145 Å². The lowest BCUT2D eigenvalue weighted by Gasteiger charge is -2.12. The highest BCUT2D eigenvalue weighted by molar-refractivity contribution is 6.14. The zero-order valence-corrected chi connectivity index (χ0v) is 53.9. The first-order chi connectivity index (χ1) is 49.4. The lowest BCUT2D eigenvalue weighted by atomic mass is 9.95. The van der Waals surface area contributed by atoms with Gasteiger partial charge in [-0.2, -0.15) is 0 Å². The standard InChI is InChI=1S/C92H56N8/c1-4-15-58(16-5-1)86-55-87(59-17-6-2-7-18-59)98-91(97-86)80-46-42-63-29-34-72(53-84(63)95-80)70-32-27-61-40-44-78(93-82(61)51-70)75-39-38-68-48-67(36-37-69(68)50-75)66-22-12-23-74(49-66)89-56-88(60-19-8-3-9-20-60)99-92(100-89)81-47-43-64-30-35-73(54-85(64)96-81)71-33-28-62-41-45-79(94-83(62)52-71)77-25-13-21-65-31-26-57-14-10-11-24-76(57)90(65)77/h1-56H. The molecule has 6 heterocycles. The van der Waals surface area contributed by atoms with Crippen LogP contribution in [0.5, 0.6) is 0 Å². The van der Waals surface area contributed by atoms with Crippen molar-refractivity contribution in [2.45, 2.75) is 0 Å². The van der Waals surface area contributed by atoms with E-state index in [-0.39, 0.29) is 0 Å². The van der Waals surface area contributed by atoms with E-state index in [2.05, 4.69) is 273 Å². The van der Waals surface area contributed by atoms with Gasteiger partial charge in [-0.25, -0.2) is 39.9 Å². The summed E-state index contributed by atoms with van der Waals surface area (Å²) in [6.07, 6.45) is 0. The average Bonchev–Trinajstić information content (AvgIpc) is 0.799. The van der Waals surface area contributed by atoms with Crippen LogP contribution in [0.15, 0.2) is 340 Å².